The van der Waals surface area contributed by atoms with Crippen LogP contribution in [0.4, 0.5) is 5.82 Å². The van der Waals surface area contributed by atoms with E-state index in [-0.39, 0.29) is 12.0 Å². The minimum atomic E-state index is -0.147. The van der Waals surface area contributed by atoms with E-state index >= 15 is 0 Å². The first-order valence-electron chi connectivity index (χ1n) is 11.0. The number of likely N-dealkylation sites (tertiary alicyclic amines) is 1. The lowest BCUT2D eigenvalue weighted by atomic mass is 10.1. The van der Waals surface area contributed by atoms with Gasteiger partial charge in [-0.1, -0.05) is 0 Å². The van der Waals surface area contributed by atoms with Crippen LogP contribution in [-0.4, -0.2) is 73.9 Å². The van der Waals surface area contributed by atoms with Crippen LogP contribution < -0.4 is 23.8 Å². The van der Waals surface area contributed by atoms with Gasteiger partial charge in [0.15, 0.2) is 17.3 Å². The maximum atomic E-state index is 13.3. The molecule has 3 rings (SSSR count). The average molecular weight is 445 g/mol. The van der Waals surface area contributed by atoms with Crippen molar-refractivity contribution in [1.29, 1.82) is 0 Å². The van der Waals surface area contributed by atoms with Crippen molar-refractivity contribution in [3.8, 4) is 23.1 Å². The maximum Gasteiger partial charge on any atom is 0.254 e. The molecule has 2 aromatic rings. The third-order valence-electron chi connectivity index (χ3n) is 4.93. The fourth-order valence-electron chi connectivity index (χ4n) is 3.48. The molecular formula is C23H32N4O5. The smallest absolute Gasteiger partial charge is 0.254 e. The summed E-state index contributed by atoms with van der Waals surface area (Å²) in [6, 6.07) is 3.44. The molecule has 1 saturated heterocycles. The van der Waals surface area contributed by atoms with Crippen molar-refractivity contribution in [1.82, 2.24) is 14.9 Å². The molecule has 1 aliphatic rings. The summed E-state index contributed by atoms with van der Waals surface area (Å²) < 4.78 is 23.2. The number of hydrogen-bond donors (Lipinski definition) is 0. The summed E-state index contributed by atoms with van der Waals surface area (Å²) in [6.07, 6.45) is 3.83. The number of benzene rings is 1. The van der Waals surface area contributed by atoms with E-state index in [0.717, 1.165) is 5.82 Å². The van der Waals surface area contributed by atoms with E-state index in [1.165, 1.54) is 0 Å². The van der Waals surface area contributed by atoms with Gasteiger partial charge in [0.05, 0.1) is 38.8 Å². The molecule has 0 spiro atoms. The van der Waals surface area contributed by atoms with Gasteiger partial charge in [-0.15, -0.1) is 0 Å². The Morgan fingerprint density at radius 3 is 2.31 bits per heavy atom. The lowest BCUT2D eigenvalue weighted by molar-refractivity contribution is 0.0770. The Hall–Kier alpha value is -3.23. The van der Waals surface area contributed by atoms with Crippen molar-refractivity contribution >= 4 is 11.7 Å². The number of ether oxygens (including phenoxy) is 4. The Morgan fingerprint density at radius 1 is 1.06 bits per heavy atom. The van der Waals surface area contributed by atoms with Gasteiger partial charge in [0.25, 0.3) is 5.91 Å². The van der Waals surface area contributed by atoms with Crippen LogP contribution in [0.25, 0.3) is 0 Å². The molecule has 1 amide bonds. The van der Waals surface area contributed by atoms with Gasteiger partial charge >= 0.3 is 0 Å². The molecule has 0 N–H and O–H groups in total. The standard InChI is InChI=1S/C23H32N4O5/c1-6-29-18-11-16(12-19(30-7-2)22(18)31-8-3)23(28)27-10-9-17(15-27)32-21-14-24-13-20(25-21)26(4)5/h11-14,17H,6-10,15H2,1-5H3. The first-order valence-corrected chi connectivity index (χ1v) is 11.0. The predicted octanol–water partition coefficient (Wildman–Crippen LogP) is 3.03. The average Bonchev–Trinajstić information content (AvgIpc) is 3.24. The number of nitrogens with zero attached hydrogens (tertiary/aromatic N) is 4. The molecule has 9 heteroatoms. The molecule has 0 bridgehead atoms. The van der Waals surface area contributed by atoms with Crippen molar-refractivity contribution in [2.24, 2.45) is 0 Å². The van der Waals surface area contributed by atoms with Gasteiger partial charge in [-0.3, -0.25) is 9.78 Å². The Bertz CT molecular complexity index is 894. The number of amides is 1. The lowest BCUT2D eigenvalue weighted by Gasteiger charge is -2.20. The van der Waals surface area contributed by atoms with Gasteiger partial charge in [0.2, 0.25) is 11.6 Å². The predicted molar refractivity (Wildman–Crippen MR) is 121 cm³/mol. The Morgan fingerprint density at radius 2 is 1.72 bits per heavy atom. The number of rotatable bonds is 10. The van der Waals surface area contributed by atoms with Crippen LogP contribution in [0.3, 0.4) is 0 Å². The Labute approximate surface area is 189 Å². The highest BCUT2D eigenvalue weighted by Crippen LogP contribution is 2.39. The van der Waals surface area contributed by atoms with Crippen molar-refractivity contribution in [2.75, 3.05) is 51.9 Å². The van der Waals surface area contributed by atoms with Gasteiger partial charge in [0.1, 0.15) is 6.10 Å². The fourth-order valence-corrected chi connectivity index (χ4v) is 3.48. The molecule has 0 aliphatic carbocycles. The first kappa shape index (κ1) is 23.4. The van der Waals surface area contributed by atoms with E-state index in [1.807, 2.05) is 39.8 Å². The number of hydrogen-bond acceptors (Lipinski definition) is 8. The minimum absolute atomic E-state index is 0.103. The van der Waals surface area contributed by atoms with Crippen LogP contribution in [-0.2, 0) is 0 Å². The van der Waals surface area contributed by atoms with Crippen LogP contribution in [0.5, 0.6) is 23.1 Å². The van der Waals surface area contributed by atoms with Crippen LogP contribution in [0.15, 0.2) is 24.5 Å². The SMILES string of the molecule is CCOc1cc(C(=O)N2CCC(Oc3cncc(N(C)C)n3)C2)cc(OCC)c1OCC. The van der Waals surface area contributed by atoms with Crippen LogP contribution in [0.2, 0.25) is 0 Å². The summed E-state index contributed by atoms with van der Waals surface area (Å²) in [5.41, 5.74) is 0.496. The van der Waals surface area contributed by atoms with Gasteiger partial charge in [-0.25, -0.2) is 0 Å². The third kappa shape index (κ3) is 5.52. The molecule has 32 heavy (non-hydrogen) atoms. The van der Waals surface area contributed by atoms with Gasteiger partial charge < -0.3 is 28.7 Å². The Balaban J connectivity index is 1.75. The Kier molecular flexibility index (Phi) is 7.97. The zero-order valence-corrected chi connectivity index (χ0v) is 19.5. The monoisotopic (exact) mass is 444 g/mol. The number of carbonyl (C=O) groups is 1. The molecule has 1 unspecified atom stereocenters. The second-order valence-electron chi connectivity index (χ2n) is 7.49. The largest absolute Gasteiger partial charge is 0.490 e. The topological polar surface area (TPSA) is 86.2 Å². The molecule has 1 aromatic carbocycles. The van der Waals surface area contributed by atoms with E-state index in [9.17, 15) is 4.79 Å². The molecular weight excluding hydrogens is 412 g/mol. The van der Waals surface area contributed by atoms with Crippen molar-refractivity contribution in [2.45, 2.75) is 33.3 Å². The van der Waals surface area contributed by atoms with Gasteiger partial charge in [-0.05, 0) is 32.9 Å². The highest BCUT2D eigenvalue weighted by molar-refractivity contribution is 5.96. The number of anilines is 1. The minimum Gasteiger partial charge on any atom is -0.490 e. The molecule has 1 aromatic heterocycles. The summed E-state index contributed by atoms with van der Waals surface area (Å²) in [7, 11) is 3.79. The first-order chi connectivity index (χ1) is 15.5. The quantitative estimate of drug-likeness (QED) is 0.553. The molecule has 2 heterocycles. The third-order valence-corrected chi connectivity index (χ3v) is 4.93. The summed E-state index contributed by atoms with van der Waals surface area (Å²) in [5, 5.41) is 0. The summed E-state index contributed by atoms with van der Waals surface area (Å²) in [6.45, 7) is 8.11. The van der Waals surface area contributed by atoms with E-state index < -0.39 is 0 Å². The zero-order chi connectivity index (χ0) is 23.1. The normalized spacial score (nSPS) is 15.4. The molecule has 174 valence electrons. The van der Waals surface area contributed by atoms with E-state index in [2.05, 4.69) is 9.97 Å². The molecule has 1 atom stereocenters. The summed E-state index contributed by atoms with van der Waals surface area (Å²) in [5.74, 6) is 2.60. The fraction of sp³-hybridized carbons (Fsp3) is 0.522. The maximum absolute atomic E-state index is 13.3. The van der Waals surface area contributed by atoms with Gasteiger partial charge in [-0.2, -0.15) is 4.98 Å². The van der Waals surface area contributed by atoms with E-state index in [4.69, 9.17) is 18.9 Å². The second-order valence-corrected chi connectivity index (χ2v) is 7.49. The van der Waals surface area contributed by atoms with Crippen molar-refractivity contribution in [3.63, 3.8) is 0 Å². The molecule has 1 fully saturated rings. The molecule has 0 saturated carbocycles. The van der Waals surface area contributed by atoms with E-state index in [0.29, 0.717) is 68.0 Å². The van der Waals surface area contributed by atoms with Crippen LogP contribution in [0.1, 0.15) is 37.6 Å². The van der Waals surface area contributed by atoms with Crippen LogP contribution in [0, 0.1) is 0 Å². The van der Waals surface area contributed by atoms with Crippen LogP contribution >= 0.6 is 0 Å². The highest BCUT2D eigenvalue weighted by atomic mass is 16.5. The zero-order valence-electron chi connectivity index (χ0n) is 19.5. The molecule has 1 aliphatic heterocycles. The van der Waals surface area contributed by atoms with E-state index in [1.54, 1.807) is 29.4 Å². The molecule has 9 nitrogen and oxygen atoms in total. The molecule has 0 radical (unpaired) electrons. The summed E-state index contributed by atoms with van der Waals surface area (Å²) >= 11 is 0. The summed E-state index contributed by atoms with van der Waals surface area (Å²) in [4.78, 5) is 25.5. The second kappa shape index (κ2) is 10.9. The number of carbonyl (C=O) groups excluding carboxylic acids is 1. The van der Waals surface area contributed by atoms with Crippen molar-refractivity contribution < 1.29 is 23.7 Å². The highest BCUT2D eigenvalue weighted by Gasteiger charge is 2.30. The van der Waals surface area contributed by atoms with Crippen molar-refractivity contribution in [3.05, 3.63) is 30.1 Å². The lowest BCUT2D eigenvalue weighted by Crippen LogP contribution is -2.31. The number of aromatic nitrogens is 2. The van der Waals surface area contributed by atoms with Gasteiger partial charge in [0, 0.05) is 32.6 Å².